The SMILES string of the molecule is CCCC1CCCN(C(=O)c2sccc2N)CC1. The number of thiophene rings is 1. The van der Waals surface area contributed by atoms with Gasteiger partial charge in [0.05, 0.1) is 5.69 Å². The van der Waals surface area contributed by atoms with Gasteiger partial charge in [0.25, 0.3) is 5.91 Å². The van der Waals surface area contributed by atoms with Crippen molar-refractivity contribution in [1.29, 1.82) is 0 Å². The first-order valence-electron chi connectivity index (χ1n) is 6.84. The summed E-state index contributed by atoms with van der Waals surface area (Å²) in [6, 6.07) is 1.82. The van der Waals surface area contributed by atoms with Gasteiger partial charge in [-0.3, -0.25) is 4.79 Å². The quantitative estimate of drug-likeness (QED) is 0.911. The molecule has 1 aliphatic rings. The van der Waals surface area contributed by atoms with E-state index in [1.54, 1.807) is 0 Å². The fourth-order valence-corrected chi connectivity index (χ4v) is 3.49. The summed E-state index contributed by atoms with van der Waals surface area (Å²) < 4.78 is 0. The second-order valence-electron chi connectivity index (χ2n) is 5.08. The van der Waals surface area contributed by atoms with Crippen LogP contribution in [0.1, 0.15) is 48.7 Å². The Labute approximate surface area is 113 Å². The summed E-state index contributed by atoms with van der Waals surface area (Å²) in [5, 5.41) is 1.89. The van der Waals surface area contributed by atoms with Gasteiger partial charge in [0.1, 0.15) is 4.88 Å². The van der Waals surface area contributed by atoms with E-state index >= 15 is 0 Å². The van der Waals surface area contributed by atoms with Crippen molar-refractivity contribution in [3.63, 3.8) is 0 Å². The second-order valence-corrected chi connectivity index (χ2v) is 6.00. The molecule has 4 heteroatoms. The Kier molecular flexibility index (Phi) is 4.64. The van der Waals surface area contributed by atoms with Gasteiger partial charge in [-0.25, -0.2) is 0 Å². The van der Waals surface area contributed by atoms with Crippen LogP contribution >= 0.6 is 11.3 Å². The molecule has 0 radical (unpaired) electrons. The molecule has 0 aromatic carbocycles. The maximum Gasteiger partial charge on any atom is 0.266 e. The Balaban J connectivity index is 1.98. The fourth-order valence-electron chi connectivity index (χ4n) is 2.70. The van der Waals surface area contributed by atoms with E-state index in [9.17, 15) is 4.79 Å². The molecule has 2 heterocycles. The smallest absolute Gasteiger partial charge is 0.266 e. The summed E-state index contributed by atoms with van der Waals surface area (Å²) in [4.78, 5) is 15.1. The summed E-state index contributed by atoms with van der Waals surface area (Å²) >= 11 is 1.45. The molecule has 0 spiro atoms. The van der Waals surface area contributed by atoms with Crippen molar-refractivity contribution in [3.05, 3.63) is 16.3 Å². The standard InChI is InChI=1S/C14H22N2OS/c1-2-4-11-5-3-8-16(9-6-11)14(17)13-12(15)7-10-18-13/h7,10-11H,2-6,8-9,15H2,1H3. The summed E-state index contributed by atoms with van der Waals surface area (Å²) in [6.45, 7) is 4.01. The van der Waals surface area contributed by atoms with Crippen LogP contribution in [-0.4, -0.2) is 23.9 Å². The van der Waals surface area contributed by atoms with E-state index in [1.807, 2.05) is 16.3 Å². The lowest BCUT2D eigenvalue weighted by Gasteiger charge is -2.20. The highest BCUT2D eigenvalue weighted by molar-refractivity contribution is 7.12. The van der Waals surface area contributed by atoms with Crippen LogP contribution in [0.25, 0.3) is 0 Å². The van der Waals surface area contributed by atoms with Crippen molar-refractivity contribution in [2.45, 2.75) is 39.0 Å². The third-order valence-corrected chi connectivity index (χ3v) is 4.64. The molecule has 2 rings (SSSR count). The van der Waals surface area contributed by atoms with Gasteiger partial charge < -0.3 is 10.6 Å². The summed E-state index contributed by atoms with van der Waals surface area (Å²) in [5.74, 6) is 0.924. The zero-order chi connectivity index (χ0) is 13.0. The minimum atomic E-state index is 0.125. The van der Waals surface area contributed by atoms with Crippen molar-refractivity contribution in [2.75, 3.05) is 18.8 Å². The number of nitrogen functional groups attached to an aromatic ring is 1. The van der Waals surface area contributed by atoms with Crippen molar-refractivity contribution in [2.24, 2.45) is 5.92 Å². The van der Waals surface area contributed by atoms with Crippen LogP contribution in [0.2, 0.25) is 0 Å². The maximum absolute atomic E-state index is 12.4. The van der Waals surface area contributed by atoms with E-state index in [1.165, 1.54) is 30.6 Å². The molecule has 18 heavy (non-hydrogen) atoms. The minimum Gasteiger partial charge on any atom is -0.397 e. The third kappa shape index (κ3) is 3.05. The summed E-state index contributed by atoms with van der Waals surface area (Å²) in [5.41, 5.74) is 6.45. The number of anilines is 1. The van der Waals surface area contributed by atoms with Gasteiger partial charge in [-0.2, -0.15) is 0 Å². The van der Waals surface area contributed by atoms with Crippen LogP contribution in [0, 0.1) is 5.92 Å². The lowest BCUT2D eigenvalue weighted by molar-refractivity contribution is 0.0765. The topological polar surface area (TPSA) is 46.3 Å². The molecule has 1 aromatic heterocycles. The van der Waals surface area contributed by atoms with Crippen molar-refractivity contribution in [1.82, 2.24) is 4.90 Å². The van der Waals surface area contributed by atoms with E-state index in [0.717, 1.165) is 31.8 Å². The van der Waals surface area contributed by atoms with E-state index in [0.29, 0.717) is 10.6 Å². The Morgan fingerprint density at radius 1 is 1.50 bits per heavy atom. The Bertz CT molecular complexity index is 402. The molecule has 3 nitrogen and oxygen atoms in total. The van der Waals surface area contributed by atoms with Crippen LogP contribution in [0.5, 0.6) is 0 Å². The van der Waals surface area contributed by atoms with Crippen LogP contribution < -0.4 is 5.73 Å². The van der Waals surface area contributed by atoms with Gasteiger partial charge in [0.2, 0.25) is 0 Å². The molecular weight excluding hydrogens is 244 g/mol. The fraction of sp³-hybridized carbons (Fsp3) is 0.643. The molecule has 1 atom stereocenters. The molecule has 1 saturated heterocycles. The molecule has 1 aliphatic heterocycles. The highest BCUT2D eigenvalue weighted by Gasteiger charge is 2.23. The zero-order valence-corrected chi connectivity index (χ0v) is 11.8. The average molecular weight is 266 g/mol. The summed E-state index contributed by atoms with van der Waals surface area (Å²) in [7, 11) is 0. The van der Waals surface area contributed by atoms with Gasteiger partial charge in [0.15, 0.2) is 0 Å². The van der Waals surface area contributed by atoms with Crippen molar-refractivity contribution < 1.29 is 4.79 Å². The third-order valence-electron chi connectivity index (χ3n) is 3.72. The Morgan fingerprint density at radius 2 is 2.33 bits per heavy atom. The normalized spacial score (nSPS) is 20.7. The first-order valence-corrected chi connectivity index (χ1v) is 7.72. The number of hydrogen-bond donors (Lipinski definition) is 1. The first-order chi connectivity index (χ1) is 8.72. The van der Waals surface area contributed by atoms with Crippen molar-refractivity contribution in [3.8, 4) is 0 Å². The van der Waals surface area contributed by atoms with Gasteiger partial charge in [0, 0.05) is 13.1 Å². The number of nitrogens with two attached hydrogens (primary N) is 1. The van der Waals surface area contributed by atoms with E-state index in [-0.39, 0.29) is 5.91 Å². The molecule has 1 aromatic rings. The molecule has 0 bridgehead atoms. The molecule has 0 saturated carbocycles. The highest BCUT2D eigenvalue weighted by atomic mass is 32.1. The van der Waals surface area contributed by atoms with Gasteiger partial charge in [-0.1, -0.05) is 19.8 Å². The number of hydrogen-bond acceptors (Lipinski definition) is 3. The van der Waals surface area contributed by atoms with E-state index < -0.39 is 0 Å². The highest BCUT2D eigenvalue weighted by Crippen LogP contribution is 2.25. The molecular formula is C14H22N2OS. The second kappa shape index (κ2) is 6.23. The van der Waals surface area contributed by atoms with Gasteiger partial charge in [-0.15, -0.1) is 11.3 Å². The van der Waals surface area contributed by atoms with E-state index in [4.69, 9.17) is 5.73 Å². The number of nitrogens with zero attached hydrogens (tertiary/aromatic N) is 1. The lowest BCUT2D eigenvalue weighted by Crippen LogP contribution is -2.31. The van der Waals surface area contributed by atoms with Gasteiger partial charge in [-0.05, 0) is 36.6 Å². The number of rotatable bonds is 3. The number of carbonyl (C=O) groups is 1. The largest absolute Gasteiger partial charge is 0.397 e. The number of amides is 1. The van der Waals surface area contributed by atoms with Crippen LogP contribution in [-0.2, 0) is 0 Å². The number of likely N-dealkylation sites (tertiary alicyclic amines) is 1. The lowest BCUT2D eigenvalue weighted by atomic mass is 9.96. The maximum atomic E-state index is 12.4. The van der Waals surface area contributed by atoms with Crippen molar-refractivity contribution >= 4 is 22.9 Å². The first kappa shape index (κ1) is 13.4. The number of carbonyl (C=O) groups excluding carboxylic acids is 1. The molecule has 2 N–H and O–H groups in total. The molecule has 1 fully saturated rings. The molecule has 1 unspecified atom stereocenters. The van der Waals surface area contributed by atoms with Crippen LogP contribution in [0.15, 0.2) is 11.4 Å². The zero-order valence-electron chi connectivity index (χ0n) is 11.0. The predicted molar refractivity (Wildman–Crippen MR) is 76.9 cm³/mol. The summed E-state index contributed by atoms with van der Waals surface area (Å²) in [6.07, 6.45) is 6.07. The average Bonchev–Trinajstić information content (AvgIpc) is 2.64. The predicted octanol–water partition coefficient (Wildman–Crippen LogP) is 3.37. The molecule has 0 aliphatic carbocycles. The van der Waals surface area contributed by atoms with Crippen LogP contribution in [0.3, 0.4) is 0 Å². The van der Waals surface area contributed by atoms with E-state index in [2.05, 4.69) is 6.92 Å². The van der Waals surface area contributed by atoms with Crippen LogP contribution in [0.4, 0.5) is 5.69 Å². The Morgan fingerprint density at radius 3 is 3.00 bits per heavy atom. The van der Waals surface area contributed by atoms with Gasteiger partial charge >= 0.3 is 0 Å². The minimum absolute atomic E-state index is 0.125. The molecule has 100 valence electrons. The monoisotopic (exact) mass is 266 g/mol. The Hall–Kier alpha value is -1.03. The molecule has 1 amide bonds.